The number of aromatic amines is 1. The highest BCUT2D eigenvalue weighted by atomic mass is 16.5. The summed E-state index contributed by atoms with van der Waals surface area (Å²) < 4.78 is 4.65. The standard InChI is InChI=1S/C11H10N4O2/c1-17-11(16)7-2-3-10-9(4-7)8(5-13-10)6-14-15-12/h2-5,13H,6H2,1H3. The maximum atomic E-state index is 11.4. The lowest BCUT2D eigenvalue weighted by atomic mass is 10.1. The molecule has 0 saturated heterocycles. The molecule has 0 aliphatic carbocycles. The summed E-state index contributed by atoms with van der Waals surface area (Å²) in [5.41, 5.74) is 10.5. The second-order valence-corrected chi connectivity index (χ2v) is 3.45. The third-order valence-corrected chi connectivity index (χ3v) is 2.49. The van der Waals surface area contributed by atoms with Crippen LogP contribution in [-0.2, 0) is 11.3 Å². The molecule has 0 aliphatic heterocycles. The topological polar surface area (TPSA) is 90.9 Å². The van der Waals surface area contributed by atoms with Gasteiger partial charge >= 0.3 is 5.97 Å². The Balaban J connectivity index is 2.49. The molecule has 0 atom stereocenters. The zero-order chi connectivity index (χ0) is 12.3. The minimum Gasteiger partial charge on any atom is -0.465 e. The van der Waals surface area contributed by atoms with Crippen LogP contribution in [0.1, 0.15) is 15.9 Å². The Hall–Kier alpha value is -2.46. The highest BCUT2D eigenvalue weighted by Gasteiger charge is 2.09. The minimum atomic E-state index is -0.386. The number of nitrogens with zero attached hydrogens (tertiary/aromatic N) is 3. The monoisotopic (exact) mass is 230 g/mol. The predicted octanol–water partition coefficient (Wildman–Crippen LogP) is 2.76. The smallest absolute Gasteiger partial charge is 0.337 e. The largest absolute Gasteiger partial charge is 0.465 e. The first-order valence-corrected chi connectivity index (χ1v) is 4.95. The fourth-order valence-electron chi connectivity index (χ4n) is 1.66. The molecule has 1 aromatic heterocycles. The highest BCUT2D eigenvalue weighted by Crippen LogP contribution is 2.21. The van der Waals surface area contributed by atoms with Crippen LogP contribution in [0.25, 0.3) is 21.3 Å². The quantitative estimate of drug-likeness (QED) is 0.380. The van der Waals surface area contributed by atoms with Crippen molar-refractivity contribution < 1.29 is 9.53 Å². The van der Waals surface area contributed by atoms with Gasteiger partial charge in [-0.15, -0.1) is 0 Å². The maximum Gasteiger partial charge on any atom is 0.337 e. The van der Waals surface area contributed by atoms with Gasteiger partial charge in [-0.25, -0.2) is 4.79 Å². The molecular formula is C11H10N4O2. The van der Waals surface area contributed by atoms with E-state index in [9.17, 15) is 4.79 Å². The molecule has 0 radical (unpaired) electrons. The van der Waals surface area contributed by atoms with E-state index in [0.717, 1.165) is 16.5 Å². The van der Waals surface area contributed by atoms with Gasteiger partial charge in [0.2, 0.25) is 0 Å². The van der Waals surface area contributed by atoms with Gasteiger partial charge in [0, 0.05) is 22.0 Å². The molecule has 2 aromatic rings. The summed E-state index contributed by atoms with van der Waals surface area (Å²) >= 11 is 0. The number of esters is 1. The summed E-state index contributed by atoms with van der Waals surface area (Å²) in [6, 6.07) is 5.20. The fraction of sp³-hybridized carbons (Fsp3) is 0.182. The zero-order valence-corrected chi connectivity index (χ0v) is 9.17. The number of methoxy groups -OCH3 is 1. The van der Waals surface area contributed by atoms with E-state index in [1.165, 1.54) is 7.11 Å². The molecular weight excluding hydrogens is 220 g/mol. The number of benzene rings is 1. The predicted molar refractivity (Wildman–Crippen MR) is 62.5 cm³/mol. The van der Waals surface area contributed by atoms with Gasteiger partial charge < -0.3 is 9.72 Å². The zero-order valence-electron chi connectivity index (χ0n) is 9.17. The van der Waals surface area contributed by atoms with Crippen molar-refractivity contribution in [2.75, 3.05) is 7.11 Å². The normalized spacial score (nSPS) is 9.94. The first-order chi connectivity index (χ1) is 8.26. The summed E-state index contributed by atoms with van der Waals surface area (Å²) in [4.78, 5) is 17.1. The van der Waals surface area contributed by atoms with E-state index in [1.807, 2.05) is 0 Å². The average molecular weight is 230 g/mol. The number of aromatic nitrogens is 1. The lowest BCUT2D eigenvalue weighted by molar-refractivity contribution is 0.0601. The van der Waals surface area contributed by atoms with Crippen LogP contribution in [0.4, 0.5) is 0 Å². The number of azide groups is 1. The molecule has 1 heterocycles. The Morgan fingerprint density at radius 1 is 1.59 bits per heavy atom. The van der Waals surface area contributed by atoms with E-state index >= 15 is 0 Å². The SMILES string of the molecule is COC(=O)c1ccc2[nH]cc(CN=[N+]=[N-])c2c1. The molecule has 0 bridgehead atoms. The molecule has 0 amide bonds. The van der Waals surface area contributed by atoms with Crippen molar-refractivity contribution in [3.05, 3.63) is 46.0 Å². The Morgan fingerprint density at radius 3 is 3.12 bits per heavy atom. The van der Waals surface area contributed by atoms with Gasteiger partial charge in [0.15, 0.2) is 0 Å². The number of rotatable bonds is 3. The third kappa shape index (κ3) is 2.07. The summed E-state index contributed by atoms with van der Waals surface area (Å²) in [6.45, 7) is 0.251. The molecule has 0 unspecified atom stereocenters. The van der Waals surface area contributed by atoms with E-state index in [2.05, 4.69) is 19.7 Å². The summed E-state index contributed by atoms with van der Waals surface area (Å²) in [7, 11) is 1.34. The highest BCUT2D eigenvalue weighted by molar-refractivity contribution is 5.95. The second kappa shape index (κ2) is 4.59. The number of ether oxygens (including phenoxy) is 1. The second-order valence-electron chi connectivity index (χ2n) is 3.45. The fourth-order valence-corrected chi connectivity index (χ4v) is 1.66. The molecule has 6 heteroatoms. The van der Waals surface area contributed by atoms with Crippen molar-refractivity contribution in [1.82, 2.24) is 4.98 Å². The minimum absolute atomic E-state index is 0.251. The number of H-pyrrole nitrogens is 1. The number of hydrogen-bond acceptors (Lipinski definition) is 3. The van der Waals surface area contributed by atoms with Crippen molar-refractivity contribution in [3.63, 3.8) is 0 Å². The van der Waals surface area contributed by atoms with Crippen LogP contribution in [0.2, 0.25) is 0 Å². The van der Waals surface area contributed by atoms with Crippen LogP contribution in [0.15, 0.2) is 29.5 Å². The Morgan fingerprint density at radius 2 is 2.41 bits per heavy atom. The van der Waals surface area contributed by atoms with E-state index in [4.69, 9.17) is 5.53 Å². The lowest BCUT2D eigenvalue weighted by Crippen LogP contribution is -2.00. The average Bonchev–Trinajstić information content (AvgIpc) is 2.77. The summed E-state index contributed by atoms with van der Waals surface area (Å²) in [5, 5.41) is 4.36. The first kappa shape index (κ1) is 11.0. The van der Waals surface area contributed by atoms with E-state index in [0.29, 0.717) is 5.56 Å². The van der Waals surface area contributed by atoms with E-state index in [-0.39, 0.29) is 12.5 Å². The maximum absolute atomic E-state index is 11.4. The van der Waals surface area contributed by atoms with Gasteiger partial charge in [-0.3, -0.25) is 0 Å². The number of carbonyl (C=O) groups excluding carboxylic acids is 1. The summed E-state index contributed by atoms with van der Waals surface area (Å²) in [5.74, 6) is -0.386. The molecule has 0 saturated carbocycles. The van der Waals surface area contributed by atoms with Crippen LogP contribution in [0.5, 0.6) is 0 Å². The van der Waals surface area contributed by atoms with Crippen LogP contribution >= 0.6 is 0 Å². The number of hydrogen-bond donors (Lipinski definition) is 1. The third-order valence-electron chi connectivity index (χ3n) is 2.49. The Bertz CT molecular complexity index is 611. The molecule has 1 N–H and O–H groups in total. The van der Waals surface area contributed by atoms with Gasteiger partial charge in [-0.1, -0.05) is 5.11 Å². The molecule has 17 heavy (non-hydrogen) atoms. The number of carbonyl (C=O) groups is 1. The van der Waals surface area contributed by atoms with Crippen LogP contribution in [-0.4, -0.2) is 18.1 Å². The number of fused-ring (bicyclic) bond motifs is 1. The van der Waals surface area contributed by atoms with Crippen molar-refractivity contribution in [2.24, 2.45) is 5.11 Å². The molecule has 2 rings (SSSR count). The first-order valence-electron chi connectivity index (χ1n) is 4.95. The van der Waals surface area contributed by atoms with Crippen LogP contribution in [0.3, 0.4) is 0 Å². The van der Waals surface area contributed by atoms with Gasteiger partial charge in [0.05, 0.1) is 19.2 Å². The van der Waals surface area contributed by atoms with Crippen LogP contribution in [0, 0.1) is 0 Å². The molecule has 0 spiro atoms. The van der Waals surface area contributed by atoms with Crippen molar-refractivity contribution in [2.45, 2.75) is 6.54 Å². The van der Waals surface area contributed by atoms with Crippen molar-refractivity contribution in [3.8, 4) is 0 Å². The molecule has 86 valence electrons. The van der Waals surface area contributed by atoms with Crippen LogP contribution < -0.4 is 0 Å². The summed E-state index contributed by atoms with van der Waals surface area (Å²) in [6.07, 6.45) is 1.76. The van der Waals surface area contributed by atoms with Gasteiger partial charge in [0.1, 0.15) is 0 Å². The molecule has 6 nitrogen and oxygen atoms in total. The van der Waals surface area contributed by atoms with Gasteiger partial charge in [-0.2, -0.15) is 0 Å². The Kier molecular flexibility index (Phi) is 2.98. The van der Waals surface area contributed by atoms with E-state index < -0.39 is 0 Å². The lowest BCUT2D eigenvalue weighted by Gasteiger charge is -2.00. The van der Waals surface area contributed by atoms with Gasteiger partial charge in [0.25, 0.3) is 0 Å². The molecule has 0 fully saturated rings. The van der Waals surface area contributed by atoms with Crippen molar-refractivity contribution >= 4 is 16.9 Å². The van der Waals surface area contributed by atoms with E-state index in [1.54, 1.807) is 24.4 Å². The number of nitrogens with one attached hydrogen (secondary N) is 1. The van der Waals surface area contributed by atoms with Gasteiger partial charge in [-0.05, 0) is 29.3 Å². The molecule has 0 aliphatic rings. The van der Waals surface area contributed by atoms with Crippen molar-refractivity contribution in [1.29, 1.82) is 0 Å². The molecule has 1 aromatic carbocycles. The Labute approximate surface area is 96.8 Å².